The van der Waals surface area contributed by atoms with Gasteiger partial charge in [0.25, 0.3) is 0 Å². The zero-order chi connectivity index (χ0) is 13.8. The molecular formula is C15H21N3O. The van der Waals surface area contributed by atoms with Crippen molar-refractivity contribution in [3.8, 4) is 6.07 Å². The van der Waals surface area contributed by atoms with Gasteiger partial charge in [-0.3, -0.25) is 0 Å². The normalized spacial score (nSPS) is 15.5. The van der Waals surface area contributed by atoms with Crippen LogP contribution in [-0.4, -0.2) is 29.3 Å². The third-order valence-electron chi connectivity index (χ3n) is 3.82. The third-order valence-corrected chi connectivity index (χ3v) is 3.82. The van der Waals surface area contributed by atoms with Crippen molar-refractivity contribution in [3.05, 3.63) is 22.9 Å². The van der Waals surface area contributed by atoms with Gasteiger partial charge in [-0.05, 0) is 38.3 Å². The van der Waals surface area contributed by atoms with E-state index in [0.717, 1.165) is 29.9 Å². The van der Waals surface area contributed by atoms with Gasteiger partial charge in [0, 0.05) is 18.3 Å². The van der Waals surface area contributed by atoms with Crippen molar-refractivity contribution in [2.75, 3.05) is 18.1 Å². The maximum absolute atomic E-state index is 9.37. The molecule has 0 saturated heterocycles. The molecule has 1 N–H and O–H groups in total. The van der Waals surface area contributed by atoms with Crippen LogP contribution in [-0.2, 0) is 0 Å². The van der Waals surface area contributed by atoms with E-state index in [0.29, 0.717) is 18.2 Å². The summed E-state index contributed by atoms with van der Waals surface area (Å²) in [5.74, 6) is 0.751. The Morgan fingerprint density at radius 3 is 2.68 bits per heavy atom. The highest BCUT2D eigenvalue weighted by atomic mass is 16.3. The highest BCUT2D eigenvalue weighted by Gasteiger charge is 2.26. The zero-order valence-corrected chi connectivity index (χ0v) is 11.7. The lowest BCUT2D eigenvalue weighted by Gasteiger charge is -2.30. The van der Waals surface area contributed by atoms with E-state index < -0.39 is 0 Å². The summed E-state index contributed by atoms with van der Waals surface area (Å²) in [6.45, 7) is 4.54. The van der Waals surface area contributed by atoms with E-state index in [1.807, 2.05) is 19.9 Å². The molecule has 0 aromatic carbocycles. The summed E-state index contributed by atoms with van der Waals surface area (Å²) in [5, 5.41) is 18.7. The van der Waals surface area contributed by atoms with Crippen molar-refractivity contribution in [2.24, 2.45) is 0 Å². The number of nitriles is 1. The van der Waals surface area contributed by atoms with Crippen molar-refractivity contribution in [1.82, 2.24) is 4.98 Å². The number of aliphatic hydroxyl groups excluding tert-OH is 1. The predicted molar refractivity (Wildman–Crippen MR) is 75.1 cm³/mol. The van der Waals surface area contributed by atoms with Gasteiger partial charge in [-0.1, -0.05) is 12.8 Å². The molecule has 0 aliphatic heterocycles. The molecule has 19 heavy (non-hydrogen) atoms. The first-order chi connectivity index (χ1) is 9.17. The van der Waals surface area contributed by atoms with Crippen LogP contribution in [0.15, 0.2) is 6.07 Å². The molecule has 0 atom stereocenters. The van der Waals surface area contributed by atoms with Gasteiger partial charge >= 0.3 is 0 Å². The quantitative estimate of drug-likeness (QED) is 0.901. The zero-order valence-electron chi connectivity index (χ0n) is 11.7. The first kappa shape index (κ1) is 13.8. The molecule has 0 unspecified atom stereocenters. The van der Waals surface area contributed by atoms with Crippen molar-refractivity contribution < 1.29 is 5.11 Å². The number of rotatable bonds is 4. The molecular weight excluding hydrogens is 238 g/mol. The number of nitrogens with zero attached hydrogens (tertiary/aromatic N) is 3. The second-order valence-electron chi connectivity index (χ2n) is 5.25. The topological polar surface area (TPSA) is 60.2 Å². The summed E-state index contributed by atoms with van der Waals surface area (Å²) < 4.78 is 0. The number of aliphatic hydroxyl groups is 1. The Bertz CT molecular complexity index is 487. The summed E-state index contributed by atoms with van der Waals surface area (Å²) in [4.78, 5) is 6.69. The number of pyridine rings is 1. The minimum atomic E-state index is 0.0933. The molecule has 2 rings (SSSR count). The lowest BCUT2D eigenvalue weighted by Crippen LogP contribution is -2.37. The molecule has 1 saturated carbocycles. The van der Waals surface area contributed by atoms with Gasteiger partial charge in [-0.15, -0.1) is 0 Å². The number of anilines is 1. The summed E-state index contributed by atoms with van der Waals surface area (Å²) >= 11 is 0. The Labute approximate surface area is 114 Å². The van der Waals surface area contributed by atoms with Crippen molar-refractivity contribution in [3.63, 3.8) is 0 Å². The molecule has 102 valence electrons. The highest BCUT2D eigenvalue weighted by Crippen LogP contribution is 2.30. The molecule has 4 heteroatoms. The lowest BCUT2D eigenvalue weighted by molar-refractivity contribution is 0.296. The van der Waals surface area contributed by atoms with Gasteiger partial charge in [0.05, 0.1) is 12.2 Å². The molecule has 1 heterocycles. The van der Waals surface area contributed by atoms with Crippen LogP contribution < -0.4 is 4.90 Å². The van der Waals surface area contributed by atoms with Gasteiger partial charge in [0.15, 0.2) is 0 Å². The predicted octanol–water partition coefficient (Wildman–Crippen LogP) is 2.31. The molecule has 1 aliphatic rings. The largest absolute Gasteiger partial charge is 0.395 e. The number of hydrogen-bond acceptors (Lipinski definition) is 4. The Morgan fingerprint density at radius 1 is 1.42 bits per heavy atom. The molecule has 0 amide bonds. The van der Waals surface area contributed by atoms with Crippen LogP contribution in [0.1, 0.15) is 42.5 Å². The van der Waals surface area contributed by atoms with Crippen LogP contribution >= 0.6 is 0 Å². The van der Waals surface area contributed by atoms with Gasteiger partial charge in [-0.25, -0.2) is 4.98 Å². The maximum Gasteiger partial charge on any atom is 0.147 e. The van der Waals surface area contributed by atoms with Crippen molar-refractivity contribution in [1.29, 1.82) is 5.26 Å². The fourth-order valence-electron chi connectivity index (χ4n) is 2.95. The number of aryl methyl sites for hydroxylation is 2. The molecule has 0 bridgehead atoms. The lowest BCUT2D eigenvalue weighted by atomic mass is 10.1. The maximum atomic E-state index is 9.37. The molecule has 1 fully saturated rings. The molecule has 1 aliphatic carbocycles. The monoisotopic (exact) mass is 259 g/mol. The van der Waals surface area contributed by atoms with E-state index in [2.05, 4.69) is 16.0 Å². The number of aromatic nitrogens is 1. The van der Waals surface area contributed by atoms with Crippen LogP contribution in [0.2, 0.25) is 0 Å². The molecule has 1 aromatic heterocycles. The average molecular weight is 259 g/mol. The van der Waals surface area contributed by atoms with E-state index in [-0.39, 0.29) is 6.61 Å². The second kappa shape index (κ2) is 6.03. The molecule has 4 nitrogen and oxygen atoms in total. The minimum Gasteiger partial charge on any atom is -0.395 e. The van der Waals surface area contributed by atoms with Crippen LogP contribution in [0.4, 0.5) is 5.82 Å². The highest BCUT2D eigenvalue weighted by molar-refractivity contribution is 5.58. The van der Waals surface area contributed by atoms with Crippen molar-refractivity contribution >= 4 is 5.82 Å². The van der Waals surface area contributed by atoms with Gasteiger partial charge in [-0.2, -0.15) is 5.26 Å². The first-order valence-corrected chi connectivity index (χ1v) is 6.93. The van der Waals surface area contributed by atoms with Crippen LogP contribution in [0, 0.1) is 25.2 Å². The fourth-order valence-corrected chi connectivity index (χ4v) is 2.95. The molecule has 1 aromatic rings. The first-order valence-electron chi connectivity index (χ1n) is 6.93. The van der Waals surface area contributed by atoms with Gasteiger partial charge < -0.3 is 10.0 Å². The smallest absolute Gasteiger partial charge is 0.147 e. The van der Waals surface area contributed by atoms with E-state index in [1.54, 1.807) is 0 Å². The minimum absolute atomic E-state index is 0.0933. The summed E-state index contributed by atoms with van der Waals surface area (Å²) in [5.41, 5.74) is 2.53. The van der Waals surface area contributed by atoms with Crippen LogP contribution in [0.25, 0.3) is 0 Å². The fraction of sp³-hybridized carbons (Fsp3) is 0.600. The number of hydrogen-bond donors (Lipinski definition) is 1. The van der Waals surface area contributed by atoms with Crippen LogP contribution in [0.5, 0.6) is 0 Å². The van der Waals surface area contributed by atoms with Gasteiger partial charge in [0.1, 0.15) is 11.9 Å². The summed E-state index contributed by atoms with van der Waals surface area (Å²) in [7, 11) is 0. The Kier molecular flexibility index (Phi) is 4.39. The second-order valence-corrected chi connectivity index (χ2v) is 5.25. The Hall–Kier alpha value is -1.60. The van der Waals surface area contributed by atoms with E-state index in [9.17, 15) is 10.4 Å². The molecule has 0 spiro atoms. The van der Waals surface area contributed by atoms with E-state index in [1.165, 1.54) is 12.8 Å². The van der Waals surface area contributed by atoms with Crippen LogP contribution in [0.3, 0.4) is 0 Å². The Balaban J connectivity index is 2.43. The van der Waals surface area contributed by atoms with E-state index >= 15 is 0 Å². The van der Waals surface area contributed by atoms with E-state index in [4.69, 9.17) is 0 Å². The Morgan fingerprint density at radius 2 is 2.11 bits per heavy atom. The molecule has 0 radical (unpaired) electrons. The third kappa shape index (κ3) is 2.87. The standard InChI is InChI=1S/C15H21N3O/c1-11-9-12(2)17-15(14(11)10-16)18(7-8-19)13-5-3-4-6-13/h9,13,19H,3-8H2,1-2H3. The summed E-state index contributed by atoms with van der Waals surface area (Å²) in [6.07, 6.45) is 4.69. The summed E-state index contributed by atoms with van der Waals surface area (Å²) in [6, 6.07) is 4.62. The van der Waals surface area contributed by atoms with Crippen molar-refractivity contribution in [2.45, 2.75) is 45.6 Å². The van der Waals surface area contributed by atoms with Gasteiger partial charge in [0.2, 0.25) is 0 Å². The average Bonchev–Trinajstić information content (AvgIpc) is 2.88. The SMILES string of the molecule is Cc1cc(C)c(C#N)c(N(CCO)C2CCCC2)n1.